The highest BCUT2D eigenvalue weighted by Crippen LogP contribution is 2.32. The molecule has 1 aromatic rings. The Morgan fingerprint density at radius 1 is 1.35 bits per heavy atom. The lowest BCUT2D eigenvalue weighted by Crippen LogP contribution is -2.33. The monoisotopic (exact) mass is 339 g/mol. The molecular weight excluding hydrogens is 317 g/mol. The summed E-state index contributed by atoms with van der Waals surface area (Å²) in [4.78, 5) is 14.4. The van der Waals surface area contributed by atoms with Crippen molar-refractivity contribution in [2.75, 3.05) is 13.2 Å². The van der Waals surface area contributed by atoms with Crippen LogP contribution in [0.15, 0.2) is 18.2 Å². The minimum absolute atomic E-state index is 0.109. The van der Waals surface area contributed by atoms with Crippen molar-refractivity contribution in [3.8, 4) is 0 Å². The maximum Gasteiger partial charge on any atom is 0.223 e. The summed E-state index contributed by atoms with van der Waals surface area (Å²) < 4.78 is 19.5. The average molecular weight is 340 g/mol. The van der Waals surface area contributed by atoms with E-state index in [2.05, 4.69) is 0 Å². The fourth-order valence-electron chi connectivity index (χ4n) is 3.17. The first-order chi connectivity index (χ1) is 11.1. The van der Waals surface area contributed by atoms with Crippen LogP contribution in [0.3, 0.4) is 0 Å². The summed E-state index contributed by atoms with van der Waals surface area (Å²) in [7, 11) is 0. The van der Waals surface area contributed by atoms with E-state index in [9.17, 15) is 9.18 Å². The number of hydrogen-bond acceptors (Lipinski definition) is 2. The number of carbonyl (C=O) groups is 1. The van der Waals surface area contributed by atoms with Crippen molar-refractivity contribution < 1.29 is 13.9 Å². The molecule has 1 unspecified atom stereocenters. The third-order valence-corrected chi connectivity index (χ3v) is 5.07. The first-order valence-corrected chi connectivity index (χ1v) is 8.83. The minimum Gasteiger partial charge on any atom is -0.381 e. The molecule has 2 aliphatic rings. The predicted octanol–water partition coefficient (Wildman–Crippen LogP) is 4.18. The molecule has 3 rings (SSSR count). The second-order valence-electron chi connectivity index (χ2n) is 6.57. The smallest absolute Gasteiger partial charge is 0.223 e. The Morgan fingerprint density at radius 3 is 2.83 bits per heavy atom. The summed E-state index contributed by atoms with van der Waals surface area (Å²) in [6, 6.07) is 4.92. The summed E-state index contributed by atoms with van der Waals surface area (Å²) in [5.74, 6) is 0.250. The number of rotatable bonds is 6. The molecule has 1 heterocycles. The van der Waals surface area contributed by atoms with Crippen LogP contribution in [-0.4, -0.2) is 30.1 Å². The molecule has 1 aromatic carbocycles. The summed E-state index contributed by atoms with van der Waals surface area (Å²) in [6.07, 6.45) is 5.59. The molecule has 126 valence electrons. The van der Waals surface area contributed by atoms with E-state index in [1.807, 2.05) is 4.90 Å². The molecule has 0 aromatic heterocycles. The largest absolute Gasteiger partial charge is 0.381 e. The van der Waals surface area contributed by atoms with E-state index in [0.29, 0.717) is 22.9 Å². The number of ether oxygens (including phenoxy) is 1. The van der Waals surface area contributed by atoms with Gasteiger partial charge in [-0.25, -0.2) is 4.39 Å². The Labute approximate surface area is 141 Å². The highest BCUT2D eigenvalue weighted by atomic mass is 35.5. The van der Waals surface area contributed by atoms with E-state index in [-0.39, 0.29) is 24.3 Å². The van der Waals surface area contributed by atoms with Crippen LogP contribution >= 0.6 is 11.6 Å². The normalized spacial score (nSPS) is 21.2. The van der Waals surface area contributed by atoms with Gasteiger partial charge < -0.3 is 9.64 Å². The molecule has 2 fully saturated rings. The van der Waals surface area contributed by atoms with Crippen molar-refractivity contribution in [3.63, 3.8) is 0 Å². The molecule has 1 saturated heterocycles. The summed E-state index contributed by atoms with van der Waals surface area (Å²) in [6.45, 7) is 1.87. The molecule has 1 aliphatic carbocycles. The zero-order valence-electron chi connectivity index (χ0n) is 13.3. The van der Waals surface area contributed by atoms with E-state index in [4.69, 9.17) is 16.3 Å². The van der Waals surface area contributed by atoms with Crippen LogP contribution in [0.4, 0.5) is 4.39 Å². The molecule has 5 heteroatoms. The van der Waals surface area contributed by atoms with Gasteiger partial charge in [-0.3, -0.25) is 4.79 Å². The molecule has 1 saturated carbocycles. The minimum atomic E-state index is -0.336. The van der Waals surface area contributed by atoms with Crippen LogP contribution in [0, 0.1) is 11.7 Å². The van der Waals surface area contributed by atoms with Gasteiger partial charge in [0.05, 0.1) is 6.54 Å². The third-order valence-electron chi connectivity index (χ3n) is 4.72. The van der Waals surface area contributed by atoms with Crippen molar-refractivity contribution in [3.05, 3.63) is 34.6 Å². The van der Waals surface area contributed by atoms with Crippen LogP contribution in [0.5, 0.6) is 0 Å². The van der Waals surface area contributed by atoms with E-state index in [1.54, 1.807) is 12.1 Å². The molecular formula is C18H23ClFNO2. The quantitative estimate of drug-likeness (QED) is 0.778. The second-order valence-corrected chi connectivity index (χ2v) is 6.98. The van der Waals surface area contributed by atoms with Gasteiger partial charge in [-0.15, -0.1) is 0 Å². The van der Waals surface area contributed by atoms with Gasteiger partial charge in [0.1, 0.15) is 5.82 Å². The Hall–Kier alpha value is -1.13. The van der Waals surface area contributed by atoms with Crippen LogP contribution < -0.4 is 0 Å². The van der Waals surface area contributed by atoms with E-state index in [1.165, 1.54) is 6.07 Å². The molecule has 1 aliphatic heterocycles. The molecule has 23 heavy (non-hydrogen) atoms. The number of amides is 1. The van der Waals surface area contributed by atoms with Gasteiger partial charge in [-0.1, -0.05) is 17.7 Å². The lowest BCUT2D eigenvalue weighted by Gasteiger charge is -2.26. The van der Waals surface area contributed by atoms with Crippen LogP contribution in [0.2, 0.25) is 5.02 Å². The molecule has 0 spiro atoms. The van der Waals surface area contributed by atoms with Crippen LogP contribution in [0.1, 0.15) is 44.1 Å². The van der Waals surface area contributed by atoms with Gasteiger partial charge in [-0.05, 0) is 50.2 Å². The molecule has 0 radical (unpaired) electrons. The molecule has 3 nitrogen and oxygen atoms in total. The van der Waals surface area contributed by atoms with Gasteiger partial charge in [0.25, 0.3) is 0 Å². The van der Waals surface area contributed by atoms with Crippen molar-refractivity contribution in [1.29, 1.82) is 0 Å². The molecule has 1 atom stereocenters. The second kappa shape index (κ2) is 7.63. The summed E-state index contributed by atoms with van der Waals surface area (Å²) in [5.41, 5.74) is 0.426. The number of nitrogens with zero attached hydrogens (tertiary/aromatic N) is 1. The molecule has 1 amide bonds. The van der Waals surface area contributed by atoms with Gasteiger partial charge >= 0.3 is 0 Å². The Kier molecular flexibility index (Phi) is 5.54. The van der Waals surface area contributed by atoms with Crippen molar-refractivity contribution >= 4 is 17.5 Å². The van der Waals surface area contributed by atoms with Crippen LogP contribution in [-0.2, 0) is 16.1 Å². The summed E-state index contributed by atoms with van der Waals surface area (Å²) in [5, 5.41) is 0.393. The van der Waals surface area contributed by atoms with E-state index >= 15 is 0 Å². The predicted molar refractivity (Wildman–Crippen MR) is 87.8 cm³/mol. The SMILES string of the molecule is O=C(CCC1CCCOC1)N(Cc1c(F)cccc1Cl)C1CC1. The fourth-order valence-corrected chi connectivity index (χ4v) is 3.39. The van der Waals surface area contributed by atoms with Gasteiger partial charge in [-0.2, -0.15) is 0 Å². The van der Waals surface area contributed by atoms with Gasteiger partial charge in [0.15, 0.2) is 0 Å². The number of carbonyl (C=O) groups excluding carboxylic acids is 1. The zero-order chi connectivity index (χ0) is 16.2. The van der Waals surface area contributed by atoms with Crippen LogP contribution in [0.25, 0.3) is 0 Å². The Balaban J connectivity index is 1.61. The maximum absolute atomic E-state index is 14.0. The lowest BCUT2D eigenvalue weighted by atomic mass is 9.96. The highest BCUT2D eigenvalue weighted by Gasteiger charge is 2.33. The van der Waals surface area contributed by atoms with E-state index < -0.39 is 0 Å². The maximum atomic E-state index is 14.0. The highest BCUT2D eigenvalue weighted by molar-refractivity contribution is 6.31. The van der Waals surface area contributed by atoms with Crippen molar-refractivity contribution in [1.82, 2.24) is 4.90 Å². The first-order valence-electron chi connectivity index (χ1n) is 8.45. The molecule has 0 N–H and O–H groups in total. The fraction of sp³-hybridized carbons (Fsp3) is 0.611. The lowest BCUT2D eigenvalue weighted by molar-refractivity contribution is -0.133. The summed E-state index contributed by atoms with van der Waals surface area (Å²) >= 11 is 6.11. The number of halogens is 2. The first kappa shape index (κ1) is 16.7. The number of benzene rings is 1. The molecule has 0 bridgehead atoms. The topological polar surface area (TPSA) is 29.5 Å². The third kappa shape index (κ3) is 4.45. The Morgan fingerprint density at radius 2 is 2.17 bits per heavy atom. The van der Waals surface area contributed by atoms with Crippen molar-refractivity contribution in [2.45, 2.75) is 51.1 Å². The van der Waals surface area contributed by atoms with Gasteiger partial charge in [0.2, 0.25) is 5.91 Å². The Bertz CT molecular complexity index is 536. The van der Waals surface area contributed by atoms with Gasteiger partial charge in [0, 0.05) is 36.3 Å². The van der Waals surface area contributed by atoms with Crippen molar-refractivity contribution in [2.24, 2.45) is 5.92 Å². The zero-order valence-corrected chi connectivity index (χ0v) is 14.0. The number of hydrogen-bond donors (Lipinski definition) is 0. The average Bonchev–Trinajstić information content (AvgIpc) is 3.38. The van der Waals surface area contributed by atoms with E-state index in [0.717, 1.165) is 45.3 Å². The standard InChI is InChI=1S/C18H23ClFNO2/c19-16-4-1-5-17(20)15(16)11-21(14-7-8-14)18(22)9-6-13-3-2-10-23-12-13/h1,4-5,13-14H,2-3,6-12H2.